The van der Waals surface area contributed by atoms with E-state index in [9.17, 15) is 9.59 Å². The van der Waals surface area contributed by atoms with E-state index in [1.807, 2.05) is 39.0 Å². The van der Waals surface area contributed by atoms with Crippen LogP contribution < -0.4 is 5.32 Å². The number of aromatic nitrogens is 1. The lowest BCUT2D eigenvalue weighted by atomic mass is 10.1. The van der Waals surface area contributed by atoms with E-state index in [0.717, 1.165) is 17.8 Å². The second kappa shape index (κ2) is 8.45. The quantitative estimate of drug-likeness (QED) is 0.845. The second-order valence-electron chi connectivity index (χ2n) is 7.44. The molecule has 0 fully saturated rings. The molecule has 26 heavy (non-hydrogen) atoms. The van der Waals surface area contributed by atoms with Crippen molar-refractivity contribution in [1.29, 1.82) is 0 Å². The van der Waals surface area contributed by atoms with Crippen LogP contribution >= 0.6 is 11.3 Å². The summed E-state index contributed by atoms with van der Waals surface area (Å²) in [6.07, 6.45) is 1.69. The van der Waals surface area contributed by atoms with Crippen LogP contribution in [-0.4, -0.2) is 40.3 Å². The van der Waals surface area contributed by atoms with Crippen LogP contribution in [0.3, 0.4) is 0 Å². The summed E-state index contributed by atoms with van der Waals surface area (Å²) in [6, 6.07) is 9.65. The first-order valence-electron chi connectivity index (χ1n) is 8.75. The molecule has 6 heteroatoms. The van der Waals surface area contributed by atoms with Gasteiger partial charge in [0.25, 0.3) is 5.91 Å². The number of aryl methyl sites for hydroxylation is 2. The third-order valence-corrected chi connectivity index (χ3v) is 4.93. The van der Waals surface area contributed by atoms with Gasteiger partial charge >= 0.3 is 0 Å². The van der Waals surface area contributed by atoms with E-state index in [4.69, 9.17) is 0 Å². The highest BCUT2D eigenvalue weighted by Gasteiger charge is 2.27. The molecule has 0 bridgehead atoms. The molecule has 0 unspecified atom stereocenters. The number of likely N-dealkylation sites (N-methyl/N-ethyl adjacent to an activating group) is 1. The van der Waals surface area contributed by atoms with Crippen LogP contribution in [-0.2, 0) is 17.6 Å². The second-order valence-corrected chi connectivity index (χ2v) is 8.39. The standard InChI is InChI=1S/C20H27N3O2S/c1-14(18(24)22-20(2,3)4)23(5)19(25)16-13-26-17(21-16)12-11-15-9-7-6-8-10-15/h6-10,13-14H,11-12H2,1-5H3,(H,22,24)/t14-/m0/s1. The van der Waals surface area contributed by atoms with Crippen molar-refractivity contribution < 1.29 is 9.59 Å². The summed E-state index contributed by atoms with van der Waals surface area (Å²) >= 11 is 1.49. The Bertz CT molecular complexity index is 750. The van der Waals surface area contributed by atoms with Gasteiger partial charge in [-0.3, -0.25) is 9.59 Å². The van der Waals surface area contributed by atoms with Crippen LogP contribution in [0.15, 0.2) is 35.7 Å². The van der Waals surface area contributed by atoms with Crippen LogP contribution in [0.4, 0.5) is 0 Å². The minimum atomic E-state index is -0.559. The fourth-order valence-corrected chi connectivity index (χ4v) is 3.20. The van der Waals surface area contributed by atoms with Crippen LogP contribution in [0.5, 0.6) is 0 Å². The predicted molar refractivity (Wildman–Crippen MR) is 105 cm³/mol. The van der Waals surface area contributed by atoms with Gasteiger partial charge in [-0.15, -0.1) is 11.3 Å². The summed E-state index contributed by atoms with van der Waals surface area (Å²) in [4.78, 5) is 30.8. The molecule has 0 saturated heterocycles. The summed E-state index contributed by atoms with van der Waals surface area (Å²) in [6.45, 7) is 7.47. The normalized spacial score (nSPS) is 12.5. The topological polar surface area (TPSA) is 62.3 Å². The van der Waals surface area contributed by atoms with Gasteiger partial charge in [-0.25, -0.2) is 4.98 Å². The Morgan fingerprint density at radius 2 is 1.85 bits per heavy atom. The largest absolute Gasteiger partial charge is 0.350 e. The maximum atomic E-state index is 12.6. The van der Waals surface area contributed by atoms with Crippen LogP contribution in [0.1, 0.15) is 48.8 Å². The Kier molecular flexibility index (Phi) is 6.53. The molecule has 1 N–H and O–H groups in total. The number of hydrogen-bond acceptors (Lipinski definition) is 4. The molecule has 0 radical (unpaired) electrons. The summed E-state index contributed by atoms with van der Waals surface area (Å²) in [7, 11) is 1.64. The van der Waals surface area contributed by atoms with Crippen molar-refractivity contribution in [1.82, 2.24) is 15.2 Å². The molecule has 0 spiro atoms. The van der Waals surface area contributed by atoms with Crippen molar-refractivity contribution in [3.05, 3.63) is 52.0 Å². The zero-order valence-electron chi connectivity index (χ0n) is 16.1. The monoisotopic (exact) mass is 373 g/mol. The van der Waals surface area contributed by atoms with Gasteiger partial charge in [-0.2, -0.15) is 0 Å². The molecule has 0 aliphatic rings. The average Bonchev–Trinajstić information content (AvgIpc) is 3.06. The Labute approximate surface area is 159 Å². The van der Waals surface area contributed by atoms with Crippen molar-refractivity contribution in [3.63, 3.8) is 0 Å². The number of benzene rings is 1. The van der Waals surface area contributed by atoms with Gasteiger partial charge in [0.15, 0.2) is 0 Å². The number of hydrogen-bond donors (Lipinski definition) is 1. The third-order valence-electron chi connectivity index (χ3n) is 4.02. The van der Waals surface area contributed by atoms with Gasteiger partial charge in [0.1, 0.15) is 11.7 Å². The maximum absolute atomic E-state index is 12.6. The average molecular weight is 374 g/mol. The lowest BCUT2D eigenvalue weighted by molar-refractivity contribution is -0.126. The van der Waals surface area contributed by atoms with E-state index >= 15 is 0 Å². The number of rotatable bonds is 6. The first-order valence-corrected chi connectivity index (χ1v) is 9.63. The Hall–Kier alpha value is -2.21. The highest BCUT2D eigenvalue weighted by Crippen LogP contribution is 2.15. The Morgan fingerprint density at radius 3 is 2.46 bits per heavy atom. The molecule has 1 heterocycles. The van der Waals surface area contributed by atoms with E-state index in [1.165, 1.54) is 21.8 Å². The molecular formula is C20H27N3O2S. The number of nitrogens with zero attached hydrogens (tertiary/aromatic N) is 2. The predicted octanol–water partition coefficient (Wildman–Crippen LogP) is 3.30. The van der Waals surface area contributed by atoms with Crippen molar-refractivity contribution >= 4 is 23.2 Å². The van der Waals surface area contributed by atoms with Crippen LogP contribution in [0, 0.1) is 0 Å². The Balaban J connectivity index is 1.96. The van der Waals surface area contributed by atoms with Crippen molar-refractivity contribution in [2.75, 3.05) is 7.05 Å². The fraction of sp³-hybridized carbons (Fsp3) is 0.450. The molecular weight excluding hydrogens is 346 g/mol. The summed E-state index contributed by atoms with van der Waals surface area (Å²) < 4.78 is 0. The lowest BCUT2D eigenvalue weighted by Crippen LogP contribution is -2.51. The highest BCUT2D eigenvalue weighted by atomic mass is 32.1. The molecule has 1 aromatic carbocycles. The minimum absolute atomic E-state index is 0.173. The Morgan fingerprint density at radius 1 is 1.19 bits per heavy atom. The van der Waals surface area contributed by atoms with Crippen molar-refractivity contribution in [2.24, 2.45) is 0 Å². The van der Waals surface area contributed by atoms with E-state index < -0.39 is 6.04 Å². The highest BCUT2D eigenvalue weighted by molar-refractivity contribution is 7.09. The smallest absolute Gasteiger partial charge is 0.273 e. The van der Waals surface area contributed by atoms with Crippen molar-refractivity contribution in [3.8, 4) is 0 Å². The number of amides is 2. The molecule has 140 valence electrons. The fourth-order valence-electron chi connectivity index (χ4n) is 2.43. The lowest BCUT2D eigenvalue weighted by Gasteiger charge is -2.28. The first-order chi connectivity index (χ1) is 12.2. The SMILES string of the molecule is C[C@@H](C(=O)NC(C)(C)C)N(C)C(=O)c1csc(CCc2ccccc2)n1. The van der Waals surface area contributed by atoms with Gasteiger partial charge in [-0.1, -0.05) is 30.3 Å². The van der Waals surface area contributed by atoms with E-state index in [-0.39, 0.29) is 17.4 Å². The van der Waals surface area contributed by atoms with Gasteiger partial charge in [-0.05, 0) is 39.7 Å². The van der Waals surface area contributed by atoms with Crippen LogP contribution in [0.2, 0.25) is 0 Å². The number of thiazole rings is 1. The number of nitrogens with one attached hydrogen (secondary N) is 1. The molecule has 0 aliphatic heterocycles. The zero-order valence-corrected chi connectivity index (χ0v) is 16.9. The molecule has 2 rings (SSSR count). The molecule has 1 aromatic heterocycles. The first kappa shape index (κ1) is 20.1. The molecule has 1 atom stereocenters. The molecule has 2 amide bonds. The van der Waals surface area contributed by atoms with E-state index in [0.29, 0.717) is 5.69 Å². The van der Waals surface area contributed by atoms with Gasteiger partial charge < -0.3 is 10.2 Å². The number of carbonyl (C=O) groups excluding carboxylic acids is 2. The van der Waals surface area contributed by atoms with Gasteiger partial charge in [0, 0.05) is 24.4 Å². The summed E-state index contributed by atoms with van der Waals surface area (Å²) in [5.74, 6) is -0.406. The molecule has 0 aliphatic carbocycles. The third kappa shape index (κ3) is 5.66. The molecule has 5 nitrogen and oxygen atoms in total. The maximum Gasteiger partial charge on any atom is 0.273 e. The van der Waals surface area contributed by atoms with E-state index in [2.05, 4.69) is 22.4 Å². The van der Waals surface area contributed by atoms with Gasteiger partial charge in [0.05, 0.1) is 5.01 Å². The minimum Gasteiger partial charge on any atom is -0.350 e. The molecule has 0 saturated carbocycles. The van der Waals surface area contributed by atoms with Crippen molar-refractivity contribution in [2.45, 2.75) is 52.1 Å². The molecule has 2 aromatic rings. The van der Waals surface area contributed by atoms with Gasteiger partial charge in [0.2, 0.25) is 5.91 Å². The van der Waals surface area contributed by atoms with Crippen LogP contribution in [0.25, 0.3) is 0 Å². The summed E-state index contributed by atoms with van der Waals surface area (Å²) in [5, 5.41) is 5.60. The zero-order chi connectivity index (χ0) is 19.3. The number of carbonyl (C=O) groups is 2. The van der Waals surface area contributed by atoms with E-state index in [1.54, 1.807) is 19.4 Å². The summed E-state index contributed by atoms with van der Waals surface area (Å²) in [5.41, 5.74) is 1.32.